The summed E-state index contributed by atoms with van der Waals surface area (Å²) in [4.78, 5) is 0. The smallest absolute Gasteiger partial charge is 0.394 e. The zero-order chi connectivity index (χ0) is 30.6. The maximum atomic E-state index is 9.97. The van der Waals surface area contributed by atoms with Gasteiger partial charge < -0.3 is 41.3 Å². The van der Waals surface area contributed by atoms with E-state index in [0.717, 1.165) is 0 Å². The van der Waals surface area contributed by atoms with Gasteiger partial charge in [-0.3, -0.25) is 9.11 Å². The summed E-state index contributed by atoms with van der Waals surface area (Å²) in [6, 6.07) is 9.52. The lowest BCUT2D eigenvalue weighted by Gasteiger charge is -2.23. The van der Waals surface area contributed by atoms with Gasteiger partial charge in [0.1, 0.15) is 11.5 Å². The second-order valence-electron chi connectivity index (χ2n) is 10.8. The van der Waals surface area contributed by atoms with Crippen LogP contribution in [0.3, 0.4) is 0 Å². The van der Waals surface area contributed by atoms with E-state index in [0.29, 0.717) is 35.3 Å². The average molecular weight is 577 g/mol. The van der Waals surface area contributed by atoms with E-state index in [1.165, 1.54) is 12.1 Å². The Balaban J connectivity index is 0.000000632. The minimum Gasteiger partial charge on any atom is -0.508 e. The molecular formula is C26H44N2O10S. The predicted octanol–water partition coefficient (Wildman–Crippen LogP) is 1.96. The van der Waals surface area contributed by atoms with Gasteiger partial charge in [0.15, 0.2) is 0 Å². The van der Waals surface area contributed by atoms with Crippen LogP contribution in [-0.2, 0) is 23.6 Å². The normalized spacial score (nSPS) is 13.4. The summed E-state index contributed by atoms with van der Waals surface area (Å²) in [5.74, 6) is 0.0967. The summed E-state index contributed by atoms with van der Waals surface area (Å²) in [6.07, 6.45) is -1.31. The van der Waals surface area contributed by atoms with E-state index in [-0.39, 0.29) is 35.8 Å². The Morgan fingerprint density at radius 3 is 1.21 bits per heavy atom. The number of phenols is 2. The first-order valence-corrected chi connectivity index (χ1v) is 13.5. The Morgan fingerprint density at radius 1 is 0.692 bits per heavy atom. The monoisotopic (exact) mass is 576 g/mol. The number of β-amino-alcohol motifs (C(OH)–C–C–N with tert-alkyl or cyclic N) is 2. The van der Waals surface area contributed by atoms with E-state index in [9.17, 15) is 20.4 Å². The molecule has 0 spiro atoms. The highest BCUT2D eigenvalue weighted by atomic mass is 32.3. The molecule has 224 valence electrons. The number of nitrogens with one attached hydrogen (secondary N) is 2. The Labute approximate surface area is 230 Å². The highest BCUT2D eigenvalue weighted by Crippen LogP contribution is 2.23. The number of hydrogen-bond acceptors (Lipinski definition) is 10. The molecule has 2 aromatic carbocycles. The van der Waals surface area contributed by atoms with Crippen LogP contribution in [0.5, 0.6) is 11.5 Å². The van der Waals surface area contributed by atoms with Gasteiger partial charge >= 0.3 is 10.4 Å². The lowest BCUT2D eigenvalue weighted by atomic mass is 10.0. The molecule has 0 aliphatic rings. The van der Waals surface area contributed by atoms with E-state index in [1.54, 1.807) is 24.3 Å². The highest BCUT2D eigenvalue weighted by Gasteiger charge is 2.16. The highest BCUT2D eigenvalue weighted by molar-refractivity contribution is 7.79. The molecule has 0 fully saturated rings. The van der Waals surface area contributed by atoms with Crippen molar-refractivity contribution in [2.24, 2.45) is 0 Å². The van der Waals surface area contributed by atoms with Crippen LogP contribution in [-0.4, -0.2) is 72.3 Å². The van der Waals surface area contributed by atoms with Crippen molar-refractivity contribution in [2.45, 2.75) is 78.0 Å². The van der Waals surface area contributed by atoms with Crippen molar-refractivity contribution in [2.75, 3.05) is 13.1 Å². The van der Waals surface area contributed by atoms with Crippen LogP contribution in [0.2, 0.25) is 0 Å². The lowest BCUT2D eigenvalue weighted by Crippen LogP contribution is -2.38. The van der Waals surface area contributed by atoms with Crippen LogP contribution < -0.4 is 10.6 Å². The zero-order valence-corrected chi connectivity index (χ0v) is 24.1. The second-order valence-corrected chi connectivity index (χ2v) is 11.7. The molecule has 39 heavy (non-hydrogen) atoms. The van der Waals surface area contributed by atoms with Gasteiger partial charge in [-0.1, -0.05) is 12.1 Å². The average Bonchev–Trinajstić information content (AvgIpc) is 2.80. The molecule has 0 amide bonds. The van der Waals surface area contributed by atoms with Crippen molar-refractivity contribution in [3.8, 4) is 11.5 Å². The van der Waals surface area contributed by atoms with E-state index >= 15 is 0 Å². The molecule has 2 aromatic rings. The number of benzene rings is 2. The molecule has 12 nitrogen and oxygen atoms in total. The van der Waals surface area contributed by atoms with Crippen LogP contribution >= 0.6 is 0 Å². The molecule has 0 radical (unpaired) electrons. The Hall–Kier alpha value is -2.33. The van der Waals surface area contributed by atoms with Gasteiger partial charge in [0.2, 0.25) is 0 Å². The molecule has 10 N–H and O–H groups in total. The quantitative estimate of drug-likeness (QED) is 0.204. The summed E-state index contributed by atoms with van der Waals surface area (Å²) < 4.78 is 31.6. The van der Waals surface area contributed by atoms with E-state index in [2.05, 4.69) is 10.6 Å². The molecule has 0 aromatic heterocycles. The molecule has 2 rings (SSSR count). The molecule has 0 aliphatic heterocycles. The first kappa shape index (κ1) is 36.7. The van der Waals surface area contributed by atoms with Crippen LogP contribution in [0, 0.1) is 0 Å². The molecule has 13 heteroatoms. The number of hydrogen-bond donors (Lipinski definition) is 10. The van der Waals surface area contributed by atoms with Gasteiger partial charge in [-0.25, -0.2) is 0 Å². The minimum absolute atomic E-state index is 0.0484. The van der Waals surface area contributed by atoms with Crippen molar-refractivity contribution < 1.29 is 48.2 Å². The number of aliphatic hydroxyl groups excluding tert-OH is 4. The Morgan fingerprint density at radius 2 is 0.974 bits per heavy atom. The maximum absolute atomic E-state index is 9.97. The third-order valence-corrected chi connectivity index (χ3v) is 4.97. The van der Waals surface area contributed by atoms with Crippen molar-refractivity contribution in [1.82, 2.24) is 10.6 Å². The van der Waals surface area contributed by atoms with Crippen molar-refractivity contribution in [3.05, 3.63) is 58.7 Å². The first-order valence-electron chi connectivity index (χ1n) is 12.1. The van der Waals surface area contributed by atoms with Crippen molar-refractivity contribution in [3.63, 3.8) is 0 Å². The molecule has 0 unspecified atom stereocenters. The van der Waals surface area contributed by atoms with E-state index < -0.39 is 22.6 Å². The Kier molecular flexibility index (Phi) is 15.1. The standard InChI is InChI=1S/2C13H21NO3.H2O4S/c2*1-13(2,3)14-7-12(17)9-4-5-11(16)10(6-9)8-15;1-5(2,3)4/h2*4-6,12,14-17H,7-8H2,1-3H3;(H2,1,2,3,4)/t2*12-;/m11./s1. The summed E-state index contributed by atoms with van der Waals surface area (Å²) in [7, 11) is -4.67. The molecule has 0 bridgehead atoms. The predicted molar refractivity (Wildman–Crippen MR) is 148 cm³/mol. The fraction of sp³-hybridized carbons (Fsp3) is 0.538. The third kappa shape index (κ3) is 17.8. The lowest BCUT2D eigenvalue weighted by molar-refractivity contribution is 0.162. The van der Waals surface area contributed by atoms with Crippen molar-refractivity contribution in [1.29, 1.82) is 0 Å². The van der Waals surface area contributed by atoms with Gasteiger partial charge in [0, 0.05) is 35.3 Å². The molecule has 2 atom stereocenters. The van der Waals surface area contributed by atoms with Gasteiger partial charge in [0.05, 0.1) is 25.4 Å². The summed E-state index contributed by atoms with van der Waals surface area (Å²) in [5, 5.41) is 63.2. The van der Waals surface area contributed by atoms with Gasteiger partial charge in [-0.2, -0.15) is 8.42 Å². The first-order chi connectivity index (χ1) is 17.7. The molecular weight excluding hydrogens is 532 g/mol. The van der Waals surface area contributed by atoms with Crippen LogP contribution in [0.15, 0.2) is 36.4 Å². The molecule has 0 saturated heterocycles. The Bertz CT molecular complexity index is 1030. The van der Waals surface area contributed by atoms with Gasteiger partial charge in [0.25, 0.3) is 0 Å². The number of aliphatic hydroxyl groups is 4. The molecule has 0 saturated carbocycles. The largest absolute Gasteiger partial charge is 0.508 e. The zero-order valence-electron chi connectivity index (χ0n) is 23.2. The number of rotatable bonds is 8. The molecule has 0 aliphatic carbocycles. The summed E-state index contributed by atoms with van der Waals surface area (Å²) in [6.45, 7) is 12.5. The fourth-order valence-electron chi connectivity index (χ4n) is 2.92. The van der Waals surface area contributed by atoms with Crippen LogP contribution in [0.25, 0.3) is 0 Å². The topological polar surface area (TPSA) is 220 Å². The van der Waals surface area contributed by atoms with E-state index in [1.807, 2.05) is 41.5 Å². The summed E-state index contributed by atoms with van der Waals surface area (Å²) >= 11 is 0. The summed E-state index contributed by atoms with van der Waals surface area (Å²) in [5.41, 5.74) is 2.11. The maximum Gasteiger partial charge on any atom is 0.394 e. The van der Waals surface area contributed by atoms with Gasteiger partial charge in [-0.15, -0.1) is 0 Å². The van der Waals surface area contributed by atoms with Crippen LogP contribution in [0.4, 0.5) is 0 Å². The second kappa shape index (κ2) is 16.1. The fourth-order valence-corrected chi connectivity index (χ4v) is 2.92. The van der Waals surface area contributed by atoms with Crippen molar-refractivity contribution >= 4 is 10.4 Å². The number of aromatic hydroxyl groups is 2. The van der Waals surface area contributed by atoms with E-state index in [4.69, 9.17) is 27.7 Å². The van der Waals surface area contributed by atoms with Crippen LogP contribution in [0.1, 0.15) is 76.0 Å². The third-order valence-electron chi connectivity index (χ3n) is 4.97. The van der Waals surface area contributed by atoms with Gasteiger partial charge in [-0.05, 0) is 76.9 Å². The SMILES string of the molecule is CC(C)(C)NC[C@@H](O)c1ccc(O)c(CO)c1.CC(C)(C)NC[C@@H](O)c1ccc(O)c(CO)c1.O=S(=O)(O)O. The minimum atomic E-state index is -4.67. The molecule has 0 heterocycles.